The van der Waals surface area contributed by atoms with Crippen molar-refractivity contribution in [3.8, 4) is 5.75 Å². The number of hydrogen-bond acceptors (Lipinski definition) is 9. The lowest BCUT2D eigenvalue weighted by Gasteiger charge is -2.50. The smallest absolute Gasteiger partial charge is 0.258 e. The number of nitrogens with zero attached hydrogens (tertiary/aromatic N) is 2. The van der Waals surface area contributed by atoms with E-state index in [0.29, 0.717) is 5.56 Å². The first-order valence-corrected chi connectivity index (χ1v) is 12.2. The van der Waals surface area contributed by atoms with Crippen molar-refractivity contribution < 1.29 is 34.8 Å². The summed E-state index contributed by atoms with van der Waals surface area (Å²) in [7, 11) is 6.86. The Bertz CT molecular complexity index is 1270. The molecule has 1 aromatic rings. The molecule has 37 heavy (non-hydrogen) atoms. The van der Waals surface area contributed by atoms with Gasteiger partial charge in [-0.1, -0.05) is 0 Å². The molecule has 4 rings (SSSR count). The summed E-state index contributed by atoms with van der Waals surface area (Å²) >= 11 is 0. The fourth-order valence-corrected chi connectivity index (χ4v) is 6.03. The molecule has 3 aliphatic carbocycles. The highest BCUT2D eigenvalue weighted by Gasteiger charge is 2.64. The largest absolute Gasteiger partial charge is 0.508 e. The molecule has 0 saturated heterocycles. The van der Waals surface area contributed by atoms with Crippen molar-refractivity contribution in [2.75, 3.05) is 33.1 Å². The predicted octanol–water partition coefficient (Wildman–Crippen LogP) is 1.46. The average Bonchev–Trinajstić information content (AvgIpc) is 2.74. The zero-order valence-corrected chi connectivity index (χ0v) is 22.2. The minimum atomic E-state index is -2.61. The first kappa shape index (κ1) is 26.7. The number of aliphatic hydroxyl groups excluding tert-OH is 2. The Morgan fingerprint density at radius 3 is 2.24 bits per heavy atom. The molecule has 1 amide bonds. The van der Waals surface area contributed by atoms with E-state index in [0.717, 1.165) is 5.69 Å². The standard InChI is InChI=1S/C27H35N3O7/c1-26(2,3)28-25(36)19-22(33)20(30(6)7)14-11-12-10-13-15(29(4)5)8-9-16(31)18(13)21(32)17(12)23(34)27(14,37)24(19)35/h8-9,12,14,20,31-32,35,37H,10-11H2,1-7H3,(H,28,36)/t12-,14-,20-,27-/m0/s1. The van der Waals surface area contributed by atoms with Crippen LogP contribution in [0.5, 0.6) is 5.75 Å². The topological polar surface area (TPSA) is 151 Å². The molecule has 3 aliphatic rings. The maximum absolute atomic E-state index is 14.0. The first-order chi connectivity index (χ1) is 17.0. The summed E-state index contributed by atoms with van der Waals surface area (Å²) in [6, 6.07) is 2.06. The van der Waals surface area contributed by atoms with Crippen molar-refractivity contribution in [3.63, 3.8) is 0 Å². The lowest BCUT2D eigenvalue weighted by atomic mass is 9.57. The number of nitrogens with one attached hydrogen (secondary N) is 1. The quantitative estimate of drug-likeness (QED) is 0.379. The third kappa shape index (κ3) is 3.90. The van der Waals surface area contributed by atoms with E-state index in [1.165, 1.54) is 11.0 Å². The van der Waals surface area contributed by atoms with E-state index in [2.05, 4.69) is 5.32 Å². The summed E-state index contributed by atoms with van der Waals surface area (Å²) in [5.41, 5.74) is -2.69. The van der Waals surface area contributed by atoms with Gasteiger partial charge in [0.05, 0.1) is 11.6 Å². The van der Waals surface area contributed by atoms with Crippen LogP contribution < -0.4 is 10.2 Å². The summed E-state index contributed by atoms with van der Waals surface area (Å²) in [5, 5.41) is 47.6. The fourth-order valence-electron chi connectivity index (χ4n) is 6.03. The fraction of sp³-hybridized carbons (Fsp3) is 0.519. The zero-order valence-electron chi connectivity index (χ0n) is 22.2. The summed E-state index contributed by atoms with van der Waals surface area (Å²) in [4.78, 5) is 44.0. The van der Waals surface area contributed by atoms with Crippen molar-refractivity contribution in [2.45, 2.75) is 50.8 Å². The van der Waals surface area contributed by atoms with Crippen LogP contribution in [0.2, 0.25) is 0 Å². The Kier molecular flexibility index (Phi) is 6.20. The van der Waals surface area contributed by atoms with E-state index in [1.807, 2.05) is 19.0 Å². The number of ketones is 2. The second kappa shape index (κ2) is 8.59. The van der Waals surface area contributed by atoms with Crippen molar-refractivity contribution in [3.05, 3.63) is 40.2 Å². The molecule has 0 unspecified atom stereocenters. The number of carbonyl (C=O) groups is 3. The number of anilines is 1. The molecule has 1 aromatic carbocycles. The van der Waals surface area contributed by atoms with E-state index in [9.17, 15) is 34.8 Å². The van der Waals surface area contributed by atoms with E-state index < -0.39 is 63.6 Å². The van der Waals surface area contributed by atoms with Crippen LogP contribution in [0.15, 0.2) is 29.0 Å². The van der Waals surface area contributed by atoms with Gasteiger partial charge in [0, 0.05) is 36.8 Å². The molecule has 5 N–H and O–H groups in total. The highest BCUT2D eigenvalue weighted by Crippen LogP contribution is 2.53. The van der Waals surface area contributed by atoms with E-state index >= 15 is 0 Å². The lowest BCUT2D eigenvalue weighted by Crippen LogP contribution is -2.66. The number of amides is 1. The van der Waals surface area contributed by atoms with Crippen LogP contribution in [-0.2, 0) is 20.8 Å². The summed E-state index contributed by atoms with van der Waals surface area (Å²) in [6.07, 6.45) is 0.349. The third-order valence-electron chi connectivity index (χ3n) is 7.53. The van der Waals surface area contributed by atoms with Gasteiger partial charge < -0.3 is 30.6 Å². The Balaban J connectivity index is 1.96. The zero-order chi connectivity index (χ0) is 27.8. The van der Waals surface area contributed by atoms with Crippen LogP contribution in [-0.4, -0.2) is 88.2 Å². The highest BCUT2D eigenvalue weighted by molar-refractivity contribution is 6.25. The van der Waals surface area contributed by atoms with Gasteiger partial charge in [-0.2, -0.15) is 0 Å². The van der Waals surface area contributed by atoms with Crippen molar-refractivity contribution in [1.29, 1.82) is 0 Å². The second-order valence-electron chi connectivity index (χ2n) is 11.7. The number of rotatable bonds is 3. The molecule has 0 spiro atoms. The second-order valence-corrected chi connectivity index (χ2v) is 11.7. The molecule has 0 bridgehead atoms. The van der Waals surface area contributed by atoms with Gasteiger partial charge in [0.15, 0.2) is 11.4 Å². The maximum atomic E-state index is 14.0. The summed E-state index contributed by atoms with van der Waals surface area (Å²) in [5.74, 6) is -5.93. The van der Waals surface area contributed by atoms with E-state index in [1.54, 1.807) is 40.9 Å². The van der Waals surface area contributed by atoms with Gasteiger partial charge in [0.1, 0.15) is 22.8 Å². The minimum absolute atomic E-state index is 0.0798. The predicted molar refractivity (Wildman–Crippen MR) is 137 cm³/mol. The van der Waals surface area contributed by atoms with Gasteiger partial charge in [-0.3, -0.25) is 19.3 Å². The van der Waals surface area contributed by atoms with E-state index in [4.69, 9.17) is 0 Å². The molecule has 1 saturated carbocycles. The van der Waals surface area contributed by atoms with Crippen LogP contribution in [0, 0.1) is 11.8 Å². The Morgan fingerprint density at radius 2 is 1.70 bits per heavy atom. The number of phenols is 1. The highest BCUT2D eigenvalue weighted by atomic mass is 16.3. The number of phenolic OH excluding ortho intramolecular Hbond substituents is 1. The average molecular weight is 514 g/mol. The van der Waals surface area contributed by atoms with Gasteiger partial charge in [-0.05, 0) is 71.3 Å². The number of Topliss-reactive ketones (excluding diaryl/α,β-unsaturated/α-hetero) is 2. The third-order valence-corrected chi connectivity index (χ3v) is 7.53. The number of fused-ring (bicyclic) bond motifs is 3. The molecule has 1 fully saturated rings. The molecule has 0 heterocycles. The number of aromatic hydroxyl groups is 1. The Morgan fingerprint density at radius 1 is 1.08 bits per heavy atom. The molecule has 10 nitrogen and oxygen atoms in total. The molecule has 200 valence electrons. The maximum Gasteiger partial charge on any atom is 0.258 e. The van der Waals surface area contributed by atoms with Crippen LogP contribution in [0.25, 0.3) is 5.76 Å². The van der Waals surface area contributed by atoms with Crippen molar-refractivity contribution in [1.82, 2.24) is 10.2 Å². The van der Waals surface area contributed by atoms with Crippen LogP contribution in [0.1, 0.15) is 38.3 Å². The molecule has 4 atom stereocenters. The number of carbonyl (C=O) groups excluding carboxylic acids is 3. The van der Waals surface area contributed by atoms with Gasteiger partial charge >= 0.3 is 0 Å². The van der Waals surface area contributed by atoms with Gasteiger partial charge in [-0.15, -0.1) is 0 Å². The molecule has 0 radical (unpaired) electrons. The summed E-state index contributed by atoms with van der Waals surface area (Å²) in [6.45, 7) is 5.09. The Labute approximate surface area is 215 Å². The van der Waals surface area contributed by atoms with Crippen LogP contribution in [0.4, 0.5) is 5.69 Å². The minimum Gasteiger partial charge on any atom is -0.508 e. The van der Waals surface area contributed by atoms with Crippen LogP contribution >= 0.6 is 0 Å². The van der Waals surface area contributed by atoms with Crippen LogP contribution in [0.3, 0.4) is 0 Å². The van der Waals surface area contributed by atoms with Gasteiger partial charge in [-0.25, -0.2) is 0 Å². The number of aliphatic hydroxyl groups is 3. The van der Waals surface area contributed by atoms with Crippen molar-refractivity contribution >= 4 is 28.9 Å². The SMILES string of the molecule is CN(C)c1ccc(O)c2c1C[C@H]1C[C@H]3[C@H](N(C)C)C(=O)C(C(=O)NC(C)(C)C)=C(O)[C@@]3(O)C(=O)C1=C2O. The van der Waals surface area contributed by atoms with Gasteiger partial charge in [0.2, 0.25) is 5.78 Å². The summed E-state index contributed by atoms with van der Waals surface area (Å²) < 4.78 is 0. The first-order valence-electron chi connectivity index (χ1n) is 12.2. The molecular weight excluding hydrogens is 478 g/mol. The molecular formula is C27H35N3O7. The number of benzene rings is 1. The van der Waals surface area contributed by atoms with Gasteiger partial charge in [0.25, 0.3) is 5.91 Å². The molecule has 10 heteroatoms. The van der Waals surface area contributed by atoms with Crippen molar-refractivity contribution in [2.24, 2.45) is 11.8 Å². The monoisotopic (exact) mass is 513 g/mol. The Hall–Kier alpha value is -3.37. The molecule has 0 aromatic heterocycles. The number of hydrogen-bond donors (Lipinski definition) is 5. The normalized spacial score (nSPS) is 27.6. The molecule has 0 aliphatic heterocycles. The number of likely N-dealkylation sites (N-methyl/N-ethyl adjacent to an activating group) is 1. The van der Waals surface area contributed by atoms with E-state index in [-0.39, 0.29) is 29.7 Å². The lowest BCUT2D eigenvalue weighted by molar-refractivity contribution is -0.153.